The van der Waals surface area contributed by atoms with Crippen LogP contribution in [0.4, 0.5) is 5.69 Å². The zero-order valence-electron chi connectivity index (χ0n) is 11.8. The van der Waals surface area contributed by atoms with Crippen LogP contribution in [-0.2, 0) is 9.47 Å². The lowest BCUT2D eigenvalue weighted by atomic mass is 10.0. The van der Waals surface area contributed by atoms with Gasteiger partial charge in [0.1, 0.15) is 5.02 Å². The third kappa shape index (κ3) is 2.79. The Kier molecular flexibility index (Phi) is 4.03. The molecule has 0 saturated carbocycles. The van der Waals surface area contributed by atoms with E-state index in [1.807, 2.05) is 0 Å². The number of halogens is 1. The van der Waals surface area contributed by atoms with Gasteiger partial charge in [0, 0.05) is 37.6 Å². The number of likely N-dealkylation sites (tertiary alicyclic amines) is 1. The van der Waals surface area contributed by atoms with Crippen molar-refractivity contribution in [1.82, 2.24) is 4.90 Å². The van der Waals surface area contributed by atoms with Gasteiger partial charge >= 0.3 is 0 Å². The van der Waals surface area contributed by atoms with E-state index in [4.69, 9.17) is 21.1 Å². The fourth-order valence-electron chi connectivity index (χ4n) is 2.80. The topological polar surface area (TPSA) is 81.9 Å². The molecule has 0 bridgehead atoms. The van der Waals surface area contributed by atoms with E-state index in [9.17, 15) is 14.9 Å². The van der Waals surface area contributed by atoms with Crippen LogP contribution in [0, 0.1) is 10.1 Å². The quantitative estimate of drug-likeness (QED) is 0.615. The molecule has 1 aromatic carbocycles. The Hall–Kier alpha value is -1.70. The Bertz CT molecular complexity index is 605. The van der Waals surface area contributed by atoms with Gasteiger partial charge in [-0.1, -0.05) is 11.6 Å². The van der Waals surface area contributed by atoms with Crippen molar-refractivity contribution < 1.29 is 19.2 Å². The van der Waals surface area contributed by atoms with E-state index < -0.39 is 10.7 Å². The number of rotatable bonds is 2. The number of hydrogen-bond acceptors (Lipinski definition) is 5. The molecule has 0 atom stereocenters. The van der Waals surface area contributed by atoms with Crippen molar-refractivity contribution in [2.24, 2.45) is 0 Å². The second-order valence-electron chi connectivity index (χ2n) is 5.32. The van der Waals surface area contributed by atoms with E-state index in [0.717, 1.165) is 0 Å². The summed E-state index contributed by atoms with van der Waals surface area (Å²) in [6.45, 7) is 2.15. The summed E-state index contributed by atoms with van der Waals surface area (Å²) in [6.07, 6.45) is 1.21. The number of carbonyl (C=O) groups excluding carboxylic acids is 1. The first-order chi connectivity index (χ1) is 10.5. The monoisotopic (exact) mass is 326 g/mol. The lowest BCUT2D eigenvalue weighted by Gasteiger charge is -2.37. The van der Waals surface area contributed by atoms with Gasteiger partial charge in [-0.15, -0.1) is 0 Å². The molecule has 7 nitrogen and oxygen atoms in total. The first-order valence-electron chi connectivity index (χ1n) is 7.02. The van der Waals surface area contributed by atoms with Crippen molar-refractivity contribution in [3.8, 4) is 0 Å². The number of ether oxygens (including phenoxy) is 2. The van der Waals surface area contributed by atoms with Gasteiger partial charge in [-0.25, -0.2) is 0 Å². The fraction of sp³-hybridized carbons (Fsp3) is 0.500. The smallest absolute Gasteiger partial charge is 0.288 e. The van der Waals surface area contributed by atoms with Gasteiger partial charge in [0.05, 0.1) is 18.1 Å². The predicted octanol–water partition coefficient (Wildman–Crippen LogP) is 2.23. The molecule has 2 saturated heterocycles. The van der Waals surface area contributed by atoms with E-state index in [1.54, 1.807) is 4.90 Å². The molecule has 2 aliphatic heterocycles. The molecule has 0 N–H and O–H groups in total. The summed E-state index contributed by atoms with van der Waals surface area (Å²) in [5, 5.41) is 10.9. The van der Waals surface area contributed by atoms with Gasteiger partial charge in [0.15, 0.2) is 5.79 Å². The van der Waals surface area contributed by atoms with Crippen LogP contribution in [0.25, 0.3) is 0 Å². The highest BCUT2D eigenvalue weighted by Crippen LogP contribution is 2.32. The molecular weight excluding hydrogens is 312 g/mol. The number of amides is 1. The zero-order valence-corrected chi connectivity index (χ0v) is 12.5. The second-order valence-corrected chi connectivity index (χ2v) is 5.73. The molecule has 8 heteroatoms. The van der Waals surface area contributed by atoms with Crippen LogP contribution in [0.2, 0.25) is 5.02 Å². The van der Waals surface area contributed by atoms with Crippen LogP contribution in [-0.4, -0.2) is 47.8 Å². The van der Waals surface area contributed by atoms with Gasteiger partial charge < -0.3 is 14.4 Å². The second kappa shape index (κ2) is 5.83. The van der Waals surface area contributed by atoms with Gasteiger partial charge in [-0.3, -0.25) is 14.9 Å². The summed E-state index contributed by atoms with van der Waals surface area (Å²) in [5.41, 5.74) is 0.00349. The number of carbonyl (C=O) groups is 1. The van der Waals surface area contributed by atoms with Gasteiger partial charge in [-0.2, -0.15) is 0 Å². The number of piperidine rings is 1. The molecule has 0 unspecified atom stereocenters. The van der Waals surface area contributed by atoms with Crippen LogP contribution < -0.4 is 0 Å². The summed E-state index contributed by atoms with van der Waals surface area (Å²) >= 11 is 5.76. The molecule has 22 heavy (non-hydrogen) atoms. The summed E-state index contributed by atoms with van der Waals surface area (Å²) < 4.78 is 11.2. The first kappa shape index (κ1) is 15.2. The number of benzene rings is 1. The van der Waals surface area contributed by atoms with Crippen molar-refractivity contribution >= 4 is 23.2 Å². The van der Waals surface area contributed by atoms with E-state index in [-0.39, 0.29) is 22.2 Å². The van der Waals surface area contributed by atoms with Crippen LogP contribution >= 0.6 is 11.6 Å². The molecule has 2 fully saturated rings. The molecule has 1 aromatic rings. The van der Waals surface area contributed by atoms with Crippen LogP contribution in [0.15, 0.2) is 18.2 Å². The number of hydrogen-bond donors (Lipinski definition) is 0. The SMILES string of the molecule is O=C(c1ccc(Cl)c([N+](=O)[O-])c1)N1CCC2(CC1)OCCO2. The molecule has 1 spiro atoms. The maximum absolute atomic E-state index is 12.5. The lowest BCUT2D eigenvalue weighted by molar-refractivity contribution is -0.384. The van der Waals surface area contributed by atoms with Crippen LogP contribution in [0.5, 0.6) is 0 Å². The fourth-order valence-corrected chi connectivity index (χ4v) is 2.99. The molecule has 0 aromatic heterocycles. The summed E-state index contributed by atoms with van der Waals surface area (Å²) in [5.74, 6) is -0.796. The van der Waals surface area contributed by atoms with Crippen LogP contribution in [0.1, 0.15) is 23.2 Å². The third-order valence-corrected chi connectivity index (χ3v) is 4.34. The third-order valence-electron chi connectivity index (χ3n) is 4.02. The van der Waals surface area contributed by atoms with Gasteiger partial charge in [0.25, 0.3) is 11.6 Å². The predicted molar refractivity (Wildman–Crippen MR) is 77.9 cm³/mol. The molecule has 2 aliphatic rings. The largest absolute Gasteiger partial charge is 0.347 e. The van der Waals surface area contributed by atoms with Crippen molar-refractivity contribution in [3.05, 3.63) is 38.9 Å². The molecule has 3 rings (SSSR count). The lowest BCUT2D eigenvalue weighted by Crippen LogP contribution is -2.47. The van der Waals surface area contributed by atoms with Crippen LogP contribution in [0.3, 0.4) is 0 Å². The zero-order chi connectivity index (χ0) is 15.7. The average Bonchev–Trinajstić information content (AvgIpc) is 2.96. The first-order valence-corrected chi connectivity index (χ1v) is 7.40. The molecule has 118 valence electrons. The molecule has 2 heterocycles. The Labute approximate surface area is 131 Å². The Morgan fingerprint density at radius 3 is 2.50 bits per heavy atom. The number of nitrogens with zero attached hydrogens (tertiary/aromatic N) is 2. The van der Waals surface area contributed by atoms with Crippen molar-refractivity contribution in [2.75, 3.05) is 26.3 Å². The van der Waals surface area contributed by atoms with Crippen molar-refractivity contribution in [3.63, 3.8) is 0 Å². The van der Waals surface area contributed by atoms with Gasteiger partial charge in [-0.05, 0) is 12.1 Å². The maximum Gasteiger partial charge on any atom is 0.288 e. The van der Waals surface area contributed by atoms with Crippen molar-refractivity contribution in [2.45, 2.75) is 18.6 Å². The number of nitro benzene ring substituents is 1. The molecule has 0 aliphatic carbocycles. The summed E-state index contributed by atoms with van der Waals surface area (Å²) in [4.78, 5) is 24.4. The highest BCUT2D eigenvalue weighted by Gasteiger charge is 2.41. The minimum atomic E-state index is -0.593. The van der Waals surface area contributed by atoms with E-state index in [1.165, 1.54) is 18.2 Å². The standard InChI is InChI=1S/C14H15ClN2O5/c15-11-2-1-10(9-12(11)17(19)20)13(18)16-5-3-14(4-6-16)21-7-8-22-14/h1-2,9H,3-8H2. The highest BCUT2D eigenvalue weighted by atomic mass is 35.5. The minimum Gasteiger partial charge on any atom is -0.347 e. The average molecular weight is 327 g/mol. The molecule has 0 radical (unpaired) electrons. The van der Waals surface area contributed by atoms with Crippen molar-refractivity contribution in [1.29, 1.82) is 0 Å². The van der Waals surface area contributed by atoms with Gasteiger partial charge in [0.2, 0.25) is 0 Å². The Morgan fingerprint density at radius 2 is 1.91 bits per heavy atom. The number of nitro groups is 1. The maximum atomic E-state index is 12.5. The van der Waals surface area contributed by atoms with E-state index in [2.05, 4.69) is 0 Å². The highest BCUT2D eigenvalue weighted by molar-refractivity contribution is 6.32. The van der Waals surface area contributed by atoms with E-state index >= 15 is 0 Å². The summed E-state index contributed by atoms with van der Waals surface area (Å²) in [7, 11) is 0. The van der Waals surface area contributed by atoms with E-state index in [0.29, 0.717) is 39.1 Å². The Balaban J connectivity index is 1.72. The molecular formula is C14H15ClN2O5. The molecule has 1 amide bonds. The summed E-state index contributed by atoms with van der Waals surface area (Å²) in [6, 6.07) is 4.10. The Morgan fingerprint density at radius 1 is 1.27 bits per heavy atom. The normalized spacial score (nSPS) is 20.3. The minimum absolute atomic E-state index is 0.0203.